The summed E-state index contributed by atoms with van der Waals surface area (Å²) in [7, 11) is 1.73. The zero-order chi connectivity index (χ0) is 13.8. The van der Waals surface area contributed by atoms with Gasteiger partial charge in [-0.1, -0.05) is 27.7 Å². The molecule has 3 heteroatoms. The van der Waals surface area contributed by atoms with E-state index in [9.17, 15) is 5.11 Å². The average molecular weight is 257 g/mol. The van der Waals surface area contributed by atoms with E-state index >= 15 is 0 Å². The lowest BCUT2D eigenvalue weighted by atomic mass is 9.71. The van der Waals surface area contributed by atoms with Gasteiger partial charge in [-0.05, 0) is 37.0 Å². The number of methoxy groups -OCH3 is 1. The Hall–Kier alpha value is -0.120. The third kappa shape index (κ3) is 4.87. The van der Waals surface area contributed by atoms with Crippen molar-refractivity contribution in [3.63, 3.8) is 0 Å². The molecular formula is C15H31NO2. The van der Waals surface area contributed by atoms with Crippen molar-refractivity contribution in [3.8, 4) is 0 Å². The highest BCUT2D eigenvalue weighted by molar-refractivity contribution is 4.91. The van der Waals surface area contributed by atoms with E-state index in [4.69, 9.17) is 4.74 Å². The van der Waals surface area contributed by atoms with Crippen LogP contribution in [0.3, 0.4) is 0 Å². The van der Waals surface area contributed by atoms with Crippen LogP contribution in [0, 0.1) is 11.3 Å². The Kier molecular flexibility index (Phi) is 5.63. The molecule has 0 spiro atoms. The van der Waals surface area contributed by atoms with Crippen LogP contribution in [-0.2, 0) is 4.74 Å². The van der Waals surface area contributed by atoms with E-state index in [1.54, 1.807) is 7.11 Å². The molecule has 2 N–H and O–H groups in total. The fourth-order valence-electron chi connectivity index (χ4n) is 2.56. The van der Waals surface area contributed by atoms with Crippen LogP contribution >= 0.6 is 0 Å². The molecule has 3 nitrogen and oxygen atoms in total. The second-order valence-electron chi connectivity index (χ2n) is 7.08. The van der Waals surface area contributed by atoms with Crippen LogP contribution in [0.2, 0.25) is 0 Å². The van der Waals surface area contributed by atoms with E-state index in [2.05, 4.69) is 33.0 Å². The average Bonchev–Trinajstić information content (AvgIpc) is 2.29. The molecule has 18 heavy (non-hydrogen) atoms. The quantitative estimate of drug-likeness (QED) is 0.768. The number of nitrogens with one attached hydrogen (secondary N) is 1. The number of hydrogen-bond donors (Lipinski definition) is 2. The van der Waals surface area contributed by atoms with Crippen LogP contribution in [0.25, 0.3) is 0 Å². The van der Waals surface area contributed by atoms with Crippen molar-refractivity contribution in [2.75, 3.05) is 20.3 Å². The molecule has 1 saturated carbocycles. The van der Waals surface area contributed by atoms with Crippen LogP contribution in [0.1, 0.15) is 53.4 Å². The fraction of sp³-hybridized carbons (Fsp3) is 1.00. The third-order valence-corrected chi connectivity index (χ3v) is 4.38. The monoisotopic (exact) mass is 257 g/mol. The first kappa shape index (κ1) is 15.9. The molecule has 0 aromatic rings. The molecule has 1 rings (SSSR count). The minimum absolute atomic E-state index is 0.328. The summed E-state index contributed by atoms with van der Waals surface area (Å²) in [5, 5.41) is 14.1. The highest BCUT2D eigenvalue weighted by Gasteiger charge is 2.36. The van der Waals surface area contributed by atoms with Crippen molar-refractivity contribution in [1.29, 1.82) is 0 Å². The summed E-state index contributed by atoms with van der Waals surface area (Å²) >= 11 is 0. The lowest BCUT2D eigenvalue weighted by Gasteiger charge is -2.41. The fourth-order valence-corrected chi connectivity index (χ4v) is 2.56. The second-order valence-corrected chi connectivity index (χ2v) is 7.08. The van der Waals surface area contributed by atoms with Gasteiger partial charge in [0.05, 0.1) is 12.2 Å². The van der Waals surface area contributed by atoms with Gasteiger partial charge in [0.1, 0.15) is 0 Å². The van der Waals surface area contributed by atoms with Crippen molar-refractivity contribution in [2.45, 2.75) is 65.0 Å². The van der Waals surface area contributed by atoms with Gasteiger partial charge in [-0.2, -0.15) is 0 Å². The molecule has 1 unspecified atom stereocenters. The normalized spacial score (nSPS) is 24.2. The van der Waals surface area contributed by atoms with Crippen molar-refractivity contribution >= 4 is 0 Å². The first-order valence-electron chi connectivity index (χ1n) is 7.23. The molecule has 1 aliphatic rings. The maximum Gasteiger partial charge on any atom is 0.0772 e. The SMILES string of the molecule is COCC(NCC1(O)CCC(C)(C)CC1)C(C)C. The second kappa shape index (κ2) is 6.36. The lowest BCUT2D eigenvalue weighted by molar-refractivity contribution is -0.0289. The van der Waals surface area contributed by atoms with Crippen LogP contribution in [0.4, 0.5) is 0 Å². The number of ether oxygens (including phenoxy) is 1. The topological polar surface area (TPSA) is 41.5 Å². The lowest BCUT2D eigenvalue weighted by Crippen LogP contribution is -2.50. The molecule has 0 radical (unpaired) electrons. The van der Waals surface area contributed by atoms with Crippen molar-refractivity contribution < 1.29 is 9.84 Å². The van der Waals surface area contributed by atoms with Crippen molar-refractivity contribution in [2.24, 2.45) is 11.3 Å². The van der Waals surface area contributed by atoms with Gasteiger partial charge in [-0.15, -0.1) is 0 Å². The standard InChI is InChI=1S/C15H31NO2/c1-12(2)13(10-18-5)16-11-15(17)8-6-14(3,4)7-9-15/h12-13,16-17H,6-11H2,1-5H3. The molecule has 1 aliphatic carbocycles. The van der Waals surface area contributed by atoms with Gasteiger partial charge in [0, 0.05) is 19.7 Å². The Bertz CT molecular complexity index is 241. The summed E-state index contributed by atoms with van der Waals surface area (Å²) in [5.41, 5.74) is -0.118. The first-order chi connectivity index (χ1) is 8.28. The molecule has 0 aromatic heterocycles. The minimum Gasteiger partial charge on any atom is -0.389 e. The van der Waals surface area contributed by atoms with E-state index < -0.39 is 5.60 Å². The summed E-state index contributed by atoms with van der Waals surface area (Å²) in [5.74, 6) is 0.522. The van der Waals surface area contributed by atoms with Crippen LogP contribution in [0.5, 0.6) is 0 Å². The summed E-state index contributed by atoms with van der Waals surface area (Å²) in [6.45, 7) is 10.4. The van der Waals surface area contributed by atoms with Crippen molar-refractivity contribution in [3.05, 3.63) is 0 Å². The molecule has 1 fully saturated rings. The van der Waals surface area contributed by atoms with Crippen molar-refractivity contribution in [1.82, 2.24) is 5.32 Å². The van der Waals surface area contributed by atoms with Gasteiger partial charge in [-0.25, -0.2) is 0 Å². The van der Waals surface area contributed by atoms with Gasteiger partial charge >= 0.3 is 0 Å². The Morgan fingerprint density at radius 1 is 1.17 bits per heavy atom. The van der Waals surface area contributed by atoms with E-state index in [0.717, 1.165) is 25.7 Å². The van der Waals surface area contributed by atoms with Gasteiger partial charge in [0.15, 0.2) is 0 Å². The van der Waals surface area contributed by atoms with E-state index in [1.807, 2.05) is 0 Å². The molecule has 0 saturated heterocycles. The third-order valence-electron chi connectivity index (χ3n) is 4.38. The predicted octanol–water partition coefficient (Wildman–Crippen LogP) is 2.58. The summed E-state index contributed by atoms with van der Waals surface area (Å²) < 4.78 is 5.23. The van der Waals surface area contributed by atoms with Crippen LogP contribution in [-0.4, -0.2) is 37.0 Å². The summed E-state index contributed by atoms with van der Waals surface area (Å²) in [4.78, 5) is 0. The predicted molar refractivity (Wildman–Crippen MR) is 75.7 cm³/mol. The largest absolute Gasteiger partial charge is 0.389 e. The molecule has 0 amide bonds. The van der Waals surface area contributed by atoms with Crippen LogP contribution in [0.15, 0.2) is 0 Å². The Morgan fingerprint density at radius 2 is 1.72 bits per heavy atom. The number of aliphatic hydroxyl groups is 1. The van der Waals surface area contributed by atoms with E-state index in [0.29, 0.717) is 30.5 Å². The summed E-state index contributed by atoms with van der Waals surface area (Å²) in [6.07, 6.45) is 4.04. The first-order valence-corrected chi connectivity index (χ1v) is 7.23. The molecule has 1 atom stereocenters. The Labute approximate surface area is 112 Å². The molecule has 108 valence electrons. The molecular weight excluding hydrogens is 226 g/mol. The maximum atomic E-state index is 10.6. The van der Waals surface area contributed by atoms with Crippen LogP contribution < -0.4 is 5.32 Å². The van der Waals surface area contributed by atoms with Gasteiger partial charge in [-0.3, -0.25) is 0 Å². The highest BCUT2D eigenvalue weighted by atomic mass is 16.5. The Balaban J connectivity index is 2.42. The van der Waals surface area contributed by atoms with E-state index in [-0.39, 0.29) is 0 Å². The van der Waals surface area contributed by atoms with E-state index in [1.165, 1.54) is 0 Å². The molecule has 0 aromatic carbocycles. The summed E-state index contributed by atoms with van der Waals surface area (Å²) in [6, 6.07) is 0.328. The molecule has 0 heterocycles. The smallest absolute Gasteiger partial charge is 0.0772 e. The zero-order valence-electron chi connectivity index (χ0n) is 12.8. The molecule has 0 aliphatic heterocycles. The molecule has 0 bridgehead atoms. The zero-order valence-corrected chi connectivity index (χ0v) is 12.8. The number of hydrogen-bond acceptors (Lipinski definition) is 3. The number of rotatable bonds is 6. The highest BCUT2D eigenvalue weighted by Crippen LogP contribution is 2.39. The van der Waals surface area contributed by atoms with Gasteiger partial charge < -0.3 is 15.2 Å². The van der Waals surface area contributed by atoms with Gasteiger partial charge in [0.2, 0.25) is 0 Å². The van der Waals surface area contributed by atoms with Gasteiger partial charge in [0.25, 0.3) is 0 Å². The maximum absolute atomic E-state index is 10.6. The minimum atomic E-state index is -0.517. The Morgan fingerprint density at radius 3 is 2.17 bits per heavy atom.